The van der Waals surface area contributed by atoms with Gasteiger partial charge < -0.3 is 0 Å². The third kappa shape index (κ3) is 1.48. The first-order chi connectivity index (χ1) is 6.34. The normalized spacial score (nSPS) is 38.7. The molecule has 1 aromatic heterocycles. The van der Waals surface area contributed by atoms with Gasteiger partial charge in [0.1, 0.15) is 0 Å². The Morgan fingerprint density at radius 2 is 2.08 bits per heavy atom. The summed E-state index contributed by atoms with van der Waals surface area (Å²) in [7, 11) is 0. The van der Waals surface area contributed by atoms with E-state index in [2.05, 4.69) is 33.4 Å². The molecule has 3 rings (SSSR count). The number of hydrogen-bond donors (Lipinski definition) is 0. The van der Waals surface area contributed by atoms with Crippen molar-refractivity contribution in [3.05, 3.63) is 22.4 Å². The van der Waals surface area contributed by atoms with Gasteiger partial charge in [-0.15, -0.1) is 11.3 Å². The molecule has 3 unspecified atom stereocenters. The lowest BCUT2D eigenvalue weighted by molar-refractivity contribution is 0.485. The zero-order chi connectivity index (χ0) is 8.84. The Labute approximate surface area is 91.5 Å². The average molecular weight is 257 g/mol. The lowest BCUT2D eigenvalue weighted by Gasteiger charge is -2.17. The molecule has 0 amide bonds. The number of alkyl halides is 1. The smallest absolute Gasteiger partial charge is 0.0517 e. The van der Waals surface area contributed by atoms with E-state index in [-0.39, 0.29) is 0 Å². The van der Waals surface area contributed by atoms with Crippen LogP contribution < -0.4 is 0 Å². The summed E-state index contributed by atoms with van der Waals surface area (Å²) < 4.78 is 0. The maximum Gasteiger partial charge on any atom is 0.0517 e. The first kappa shape index (κ1) is 8.49. The van der Waals surface area contributed by atoms with Crippen molar-refractivity contribution in [2.24, 2.45) is 17.8 Å². The van der Waals surface area contributed by atoms with Crippen molar-refractivity contribution in [3.63, 3.8) is 0 Å². The van der Waals surface area contributed by atoms with Crippen molar-refractivity contribution >= 4 is 27.3 Å². The maximum atomic E-state index is 3.85. The minimum Gasteiger partial charge on any atom is -0.148 e. The van der Waals surface area contributed by atoms with Gasteiger partial charge in [-0.3, -0.25) is 0 Å². The molecule has 2 fully saturated rings. The van der Waals surface area contributed by atoms with Crippen LogP contribution in [0.15, 0.2) is 17.5 Å². The molecule has 0 aliphatic heterocycles. The highest BCUT2D eigenvalue weighted by Gasteiger charge is 2.47. The van der Waals surface area contributed by atoms with Crippen LogP contribution in [0.3, 0.4) is 0 Å². The molecule has 13 heavy (non-hydrogen) atoms. The van der Waals surface area contributed by atoms with E-state index in [0.29, 0.717) is 4.83 Å². The zero-order valence-corrected chi connectivity index (χ0v) is 9.85. The maximum absolute atomic E-state index is 3.85. The van der Waals surface area contributed by atoms with Gasteiger partial charge in [-0.05, 0) is 48.5 Å². The highest BCUT2D eigenvalue weighted by Crippen LogP contribution is 2.58. The van der Waals surface area contributed by atoms with Crippen molar-refractivity contribution in [3.8, 4) is 0 Å². The fourth-order valence-electron chi connectivity index (χ4n) is 2.68. The molecular weight excluding hydrogens is 244 g/mol. The van der Waals surface area contributed by atoms with Crippen molar-refractivity contribution < 1.29 is 0 Å². The number of hydrogen-bond acceptors (Lipinski definition) is 1. The fraction of sp³-hybridized carbons (Fsp3) is 0.636. The molecule has 2 heteroatoms. The second-order valence-electron chi connectivity index (χ2n) is 4.40. The highest BCUT2D eigenvalue weighted by atomic mass is 79.9. The minimum atomic E-state index is 0.639. The summed E-state index contributed by atoms with van der Waals surface area (Å²) in [5.74, 6) is 3.12. The monoisotopic (exact) mass is 256 g/mol. The first-order valence-corrected chi connectivity index (χ1v) is 6.81. The Bertz CT molecular complexity index is 283. The highest BCUT2D eigenvalue weighted by molar-refractivity contribution is 9.09. The Hall–Kier alpha value is 0.180. The summed E-state index contributed by atoms with van der Waals surface area (Å²) in [5.41, 5.74) is 0. The second kappa shape index (κ2) is 3.09. The predicted molar refractivity (Wildman–Crippen MR) is 60.3 cm³/mol. The molecule has 2 saturated carbocycles. The molecule has 3 atom stereocenters. The van der Waals surface area contributed by atoms with Crippen molar-refractivity contribution in [1.82, 2.24) is 0 Å². The molecule has 0 N–H and O–H groups in total. The van der Waals surface area contributed by atoms with Gasteiger partial charge in [0.15, 0.2) is 0 Å². The van der Waals surface area contributed by atoms with Crippen LogP contribution in [-0.4, -0.2) is 0 Å². The average Bonchev–Trinajstić information content (AvgIpc) is 2.63. The summed E-state index contributed by atoms with van der Waals surface area (Å²) in [6.07, 6.45) is 4.47. The van der Waals surface area contributed by atoms with Crippen LogP contribution in [0.1, 0.15) is 29.0 Å². The van der Waals surface area contributed by atoms with Crippen LogP contribution in [0.5, 0.6) is 0 Å². The van der Waals surface area contributed by atoms with Gasteiger partial charge in [0.25, 0.3) is 0 Å². The van der Waals surface area contributed by atoms with Crippen molar-refractivity contribution in [2.75, 3.05) is 0 Å². The predicted octanol–water partition coefficient (Wildman–Crippen LogP) is 4.23. The van der Waals surface area contributed by atoms with E-state index in [0.717, 1.165) is 17.8 Å². The molecule has 70 valence electrons. The Morgan fingerprint density at radius 1 is 1.31 bits per heavy atom. The van der Waals surface area contributed by atoms with Gasteiger partial charge in [0, 0.05) is 4.88 Å². The molecule has 1 aromatic rings. The van der Waals surface area contributed by atoms with Crippen molar-refractivity contribution in [2.45, 2.75) is 24.1 Å². The zero-order valence-electron chi connectivity index (χ0n) is 7.45. The van der Waals surface area contributed by atoms with Gasteiger partial charge in [-0.2, -0.15) is 0 Å². The van der Waals surface area contributed by atoms with Crippen LogP contribution in [0, 0.1) is 17.8 Å². The van der Waals surface area contributed by atoms with E-state index in [1.807, 2.05) is 11.3 Å². The van der Waals surface area contributed by atoms with Gasteiger partial charge in [0.2, 0.25) is 0 Å². The number of fused-ring (bicyclic) bond motifs is 1. The summed E-state index contributed by atoms with van der Waals surface area (Å²) in [4.78, 5) is 2.16. The molecule has 2 aliphatic carbocycles. The minimum absolute atomic E-state index is 0.639. The van der Waals surface area contributed by atoms with E-state index in [9.17, 15) is 0 Å². The second-order valence-corrected chi connectivity index (χ2v) is 6.37. The van der Waals surface area contributed by atoms with Crippen LogP contribution in [0.4, 0.5) is 0 Å². The quantitative estimate of drug-likeness (QED) is 0.695. The van der Waals surface area contributed by atoms with E-state index < -0.39 is 0 Å². The molecule has 0 bridgehead atoms. The van der Waals surface area contributed by atoms with E-state index in [1.54, 1.807) is 0 Å². The Morgan fingerprint density at radius 3 is 2.69 bits per heavy atom. The molecule has 0 spiro atoms. The number of thiophene rings is 1. The van der Waals surface area contributed by atoms with Crippen LogP contribution in [-0.2, 0) is 0 Å². The van der Waals surface area contributed by atoms with Gasteiger partial charge in [-0.25, -0.2) is 0 Å². The standard InChI is InChI=1S/C11H13BrS/c12-11(10-2-1-3-13-10)9-5-7-4-8(7)6-9/h1-3,7-9,11H,4-6H2. The Balaban J connectivity index is 1.72. The summed E-state index contributed by atoms with van der Waals surface area (Å²) in [6, 6.07) is 4.41. The lowest BCUT2D eigenvalue weighted by atomic mass is 9.99. The van der Waals surface area contributed by atoms with Crippen LogP contribution in [0.25, 0.3) is 0 Å². The number of halogens is 1. The molecule has 0 saturated heterocycles. The molecule has 0 aromatic carbocycles. The first-order valence-electron chi connectivity index (χ1n) is 5.02. The Kier molecular flexibility index (Phi) is 2.02. The third-order valence-corrected chi connectivity index (χ3v) is 6.01. The van der Waals surface area contributed by atoms with E-state index in [1.165, 1.54) is 24.1 Å². The molecule has 1 heterocycles. The lowest BCUT2D eigenvalue weighted by Crippen LogP contribution is -2.03. The SMILES string of the molecule is BrC(c1cccs1)C1CC2CC2C1. The summed E-state index contributed by atoms with van der Waals surface area (Å²) in [6.45, 7) is 0. The molecule has 0 nitrogen and oxygen atoms in total. The van der Waals surface area contributed by atoms with Crippen LogP contribution >= 0.6 is 27.3 Å². The van der Waals surface area contributed by atoms with Gasteiger partial charge in [0.05, 0.1) is 4.83 Å². The van der Waals surface area contributed by atoms with E-state index in [4.69, 9.17) is 0 Å². The topological polar surface area (TPSA) is 0 Å². The molecular formula is C11H13BrS. The van der Waals surface area contributed by atoms with Gasteiger partial charge >= 0.3 is 0 Å². The molecule has 2 aliphatic rings. The summed E-state index contributed by atoms with van der Waals surface area (Å²) >= 11 is 5.74. The van der Waals surface area contributed by atoms with Crippen LogP contribution in [0.2, 0.25) is 0 Å². The largest absolute Gasteiger partial charge is 0.148 e. The summed E-state index contributed by atoms with van der Waals surface area (Å²) in [5, 5.41) is 2.18. The van der Waals surface area contributed by atoms with Gasteiger partial charge in [-0.1, -0.05) is 22.0 Å². The third-order valence-electron chi connectivity index (χ3n) is 3.51. The van der Waals surface area contributed by atoms with Crippen molar-refractivity contribution in [1.29, 1.82) is 0 Å². The fourth-order valence-corrected chi connectivity index (χ4v) is 4.38. The van der Waals surface area contributed by atoms with E-state index >= 15 is 0 Å². The number of rotatable bonds is 2. The molecule has 0 radical (unpaired) electrons.